The van der Waals surface area contributed by atoms with Crippen LogP contribution in [0.15, 0.2) is 43.0 Å². The zero-order chi connectivity index (χ0) is 15.8. The van der Waals surface area contributed by atoms with Gasteiger partial charge in [-0.15, -0.1) is 0 Å². The number of nitrogens with one attached hydrogen (secondary N) is 1. The van der Waals surface area contributed by atoms with Crippen molar-refractivity contribution in [3.8, 4) is 5.75 Å². The maximum Gasteiger partial charge on any atom is 0.217 e. The molecule has 6 heteroatoms. The fraction of sp³-hybridized carbons (Fsp3) is 0.375. The number of aromatic nitrogens is 2. The van der Waals surface area contributed by atoms with Gasteiger partial charge >= 0.3 is 0 Å². The first-order chi connectivity index (χ1) is 10.6. The topological polar surface area (TPSA) is 56.2 Å². The van der Waals surface area contributed by atoms with E-state index >= 15 is 0 Å². The Bertz CT molecular complexity index is 570. The number of ether oxygens (including phenoxy) is 1. The number of carbonyl (C=O) groups excluding carboxylic acids is 1. The van der Waals surface area contributed by atoms with Gasteiger partial charge in [0, 0.05) is 30.9 Å². The monoisotopic (exact) mass is 321 g/mol. The van der Waals surface area contributed by atoms with E-state index in [0.29, 0.717) is 11.6 Å². The quantitative estimate of drug-likeness (QED) is 0.813. The predicted octanol–water partition coefficient (Wildman–Crippen LogP) is 2.90. The molecule has 118 valence electrons. The van der Waals surface area contributed by atoms with Crippen molar-refractivity contribution in [2.24, 2.45) is 0 Å². The van der Waals surface area contributed by atoms with Crippen LogP contribution in [0, 0.1) is 0 Å². The van der Waals surface area contributed by atoms with Gasteiger partial charge in [0.25, 0.3) is 0 Å². The molecule has 0 spiro atoms. The van der Waals surface area contributed by atoms with Crippen molar-refractivity contribution < 1.29 is 9.53 Å². The lowest BCUT2D eigenvalue weighted by molar-refractivity contribution is -0.119. The second-order valence-electron chi connectivity index (χ2n) is 5.07. The van der Waals surface area contributed by atoms with Crippen molar-refractivity contribution in [1.29, 1.82) is 0 Å². The first-order valence-corrected chi connectivity index (χ1v) is 7.63. The molecule has 1 unspecified atom stereocenters. The number of rotatable bonds is 8. The smallest absolute Gasteiger partial charge is 0.217 e. The second kappa shape index (κ2) is 8.44. The van der Waals surface area contributed by atoms with Crippen molar-refractivity contribution in [3.05, 3.63) is 48.0 Å². The zero-order valence-electron chi connectivity index (χ0n) is 12.5. The Balaban J connectivity index is 1.86. The van der Waals surface area contributed by atoms with Crippen molar-refractivity contribution >= 4 is 17.5 Å². The summed E-state index contributed by atoms with van der Waals surface area (Å²) in [7, 11) is 0. The van der Waals surface area contributed by atoms with Crippen LogP contribution in [-0.2, 0) is 11.3 Å². The van der Waals surface area contributed by atoms with Crippen LogP contribution in [0.5, 0.6) is 5.75 Å². The number of nitrogens with zero attached hydrogens (tertiary/aromatic N) is 2. The van der Waals surface area contributed by atoms with E-state index in [1.54, 1.807) is 24.7 Å². The van der Waals surface area contributed by atoms with Gasteiger partial charge in [-0.25, -0.2) is 4.98 Å². The van der Waals surface area contributed by atoms with E-state index in [1.807, 2.05) is 22.9 Å². The molecule has 2 rings (SSSR count). The molecular weight excluding hydrogens is 302 g/mol. The molecular formula is C16H20ClN3O2. The van der Waals surface area contributed by atoms with Crippen molar-refractivity contribution in [2.45, 2.75) is 32.4 Å². The Kier molecular flexibility index (Phi) is 6.27. The number of amides is 1. The molecule has 1 heterocycles. The molecule has 0 fully saturated rings. The minimum absolute atomic E-state index is 0.0562. The Hall–Kier alpha value is -2.01. The molecule has 0 bridgehead atoms. The standard InChI is InChI=1S/C16H20ClN3O2/c1-13(21)19-11-16(3-2-9-20-10-8-18-12-20)22-15-6-4-14(17)5-7-15/h4-8,10,12,16H,2-3,9,11H2,1H3,(H,19,21). The van der Waals surface area contributed by atoms with E-state index in [4.69, 9.17) is 16.3 Å². The molecule has 1 N–H and O–H groups in total. The third kappa shape index (κ3) is 5.77. The van der Waals surface area contributed by atoms with Crippen LogP contribution in [0.4, 0.5) is 0 Å². The van der Waals surface area contributed by atoms with E-state index in [9.17, 15) is 4.79 Å². The van der Waals surface area contributed by atoms with Crippen LogP contribution in [0.25, 0.3) is 0 Å². The summed E-state index contributed by atoms with van der Waals surface area (Å²) in [5.41, 5.74) is 0. The van der Waals surface area contributed by atoms with E-state index in [0.717, 1.165) is 25.1 Å². The minimum Gasteiger partial charge on any atom is -0.489 e. The van der Waals surface area contributed by atoms with Gasteiger partial charge in [0.15, 0.2) is 0 Å². The van der Waals surface area contributed by atoms with E-state index in [-0.39, 0.29) is 12.0 Å². The lowest BCUT2D eigenvalue weighted by Crippen LogP contribution is -2.34. The highest BCUT2D eigenvalue weighted by Crippen LogP contribution is 2.18. The molecule has 5 nitrogen and oxygen atoms in total. The highest BCUT2D eigenvalue weighted by molar-refractivity contribution is 6.30. The van der Waals surface area contributed by atoms with E-state index < -0.39 is 0 Å². The van der Waals surface area contributed by atoms with Crippen molar-refractivity contribution in [3.63, 3.8) is 0 Å². The molecule has 0 radical (unpaired) electrons. The van der Waals surface area contributed by atoms with Gasteiger partial charge in [-0.1, -0.05) is 11.6 Å². The molecule has 1 atom stereocenters. The molecule has 0 aliphatic carbocycles. The van der Waals surface area contributed by atoms with Crippen LogP contribution in [0.1, 0.15) is 19.8 Å². The highest BCUT2D eigenvalue weighted by Gasteiger charge is 2.11. The Labute approximate surface area is 135 Å². The van der Waals surface area contributed by atoms with Gasteiger partial charge in [-0.3, -0.25) is 4.79 Å². The van der Waals surface area contributed by atoms with Gasteiger partial charge in [0.05, 0.1) is 12.9 Å². The normalized spacial score (nSPS) is 11.9. The van der Waals surface area contributed by atoms with Crippen LogP contribution in [0.3, 0.4) is 0 Å². The van der Waals surface area contributed by atoms with Crippen molar-refractivity contribution in [2.75, 3.05) is 6.54 Å². The van der Waals surface area contributed by atoms with Crippen LogP contribution in [-0.4, -0.2) is 28.1 Å². The lowest BCUT2D eigenvalue weighted by atomic mass is 10.2. The fourth-order valence-electron chi connectivity index (χ4n) is 2.09. The summed E-state index contributed by atoms with van der Waals surface area (Å²) in [5, 5.41) is 3.48. The Morgan fingerprint density at radius 1 is 1.41 bits per heavy atom. The number of aryl methyl sites for hydroxylation is 1. The van der Waals surface area contributed by atoms with Crippen molar-refractivity contribution in [1.82, 2.24) is 14.9 Å². The number of imidazole rings is 1. The summed E-state index contributed by atoms with van der Waals surface area (Å²) in [5.74, 6) is 0.696. The summed E-state index contributed by atoms with van der Waals surface area (Å²) < 4.78 is 7.97. The first-order valence-electron chi connectivity index (χ1n) is 7.26. The van der Waals surface area contributed by atoms with Crippen LogP contribution in [0.2, 0.25) is 5.02 Å². The average Bonchev–Trinajstić information content (AvgIpc) is 3.00. The third-order valence-electron chi connectivity index (χ3n) is 3.20. The number of carbonyl (C=O) groups is 1. The second-order valence-corrected chi connectivity index (χ2v) is 5.51. The van der Waals surface area contributed by atoms with Gasteiger partial charge in [0.1, 0.15) is 11.9 Å². The summed E-state index contributed by atoms with van der Waals surface area (Å²) in [4.78, 5) is 15.1. The van der Waals surface area contributed by atoms with E-state index in [1.165, 1.54) is 6.92 Å². The van der Waals surface area contributed by atoms with Gasteiger partial charge in [0.2, 0.25) is 5.91 Å². The maximum absolute atomic E-state index is 11.1. The summed E-state index contributed by atoms with van der Waals surface area (Å²) >= 11 is 5.87. The summed E-state index contributed by atoms with van der Waals surface area (Å²) in [6.07, 6.45) is 7.19. The molecule has 0 aliphatic rings. The van der Waals surface area contributed by atoms with Gasteiger partial charge < -0.3 is 14.6 Å². The van der Waals surface area contributed by atoms with Gasteiger partial charge in [-0.2, -0.15) is 0 Å². The Morgan fingerprint density at radius 3 is 2.82 bits per heavy atom. The fourth-order valence-corrected chi connectivity index (χ4v) is 2.21. The number of hydrogen-bond donors (Lipinski definition) is 1. The van der Waals surface area contributed by atoms with E-state index in [2.05, 4.69) is 10.3 Å². The summed E-state index contributed by atoms with van der Waals surface area (Å²) in [6, 6.07) is 7.24. The van der Waals surface area contributed by atoms with Crippen LogP contribution >= 0.6 is 11.6 Å². The molecule has 1 amide bonds. The Morgan fingerprint density at radius 2 is 2.18 bits per heavy atom. The number of hydrogen-bond acceptors (Lipinski definition) is 3. The molecule has 0 aliphatic heterocycles. The molecule has 22 heavy (non-hydrogen) atoms. The average molecular weight is 322 g/mol. The maximum atomic E-state index is 11.1. The molecule has 1 aromatic heterocycles. The largest absolute Gasteiger partial charge is 0.489 e. The molecule has 2 aromatic rings. The SMILES string of the molecule is CC(=O)NCC(CCCn1ccnc1)Oc1ccc(Cl)cc1. The number of benzene rings is 1. The third-order valence-corrected chi connectivity index (χ3v) is 3.45. The number of halogens is 1. The lowest BCUT2D eigenvalue weighted by Gasteiger charge is -2.19. The first kappa shape index (κ1) is 16.4. The molecule has 0 saturated carbocycles. The predicted molar refractivity (Wildman–Crippen MR) is 86.0 cm³/mol. The van der Waals surface area contributed by atoms with Crippen LogP contribution < -0.4 is 10.1 Å². The summed E-state index contributed by atoms with van der Waals surface area (Å²) in [6.45, 7) is 2.87. The van der Waals surface area contributed by atoms with Gasteiger partial charge in [-0.05, 0) is 37.1 Å². The molecule has 1 aromatic carbocycles. The highest BCUT2D eigenvalue weighted by atomic mass is 35.5. The zero-order valence-corrected chi connectivity index (χ0v) is 13.3. The minimum atomic E-state index is -0.0754. The molecule has 0 saturated heterocycles.